The minimum atomic E-state index is -1.07. The van der Waals surface area contributed by atoms with Gasteiger partial charge in [-0.25, -0.2) is 9.59 Å². The Morgan fingerprint density at radius 1 is 1.35 bits per heavy atom. The van der Waals surface area contributed by atoms with Crippen molar-refractivity contribution in [1.82, 2.24) is 10.6 Å². The van der Waals surface area contributed by atoms with Crippen LogP contribution in [0, 0.1) is 5.41 Å². The number of carbonyl (C=O) groups is 2. The van der Waals surface area contributed by atoms with Crippen LogP contribution in [0.4, 0.5) is 4.79 Å². The average Bonchev–Trinajstić information content (AvgIpc) is 2.15. The molecule has 5 nitrogen and oxygen atoms in total. The van der Waals surface area contributed by atoms with E-state index in [1.165, 1.54) is 6.08 Å². The van der Waals surface area contributed by atoms with Crippen LogP contribution >= 0.6 is 0 Å². The third-order valence-corrected chi connectivity index (χ3v) is 2.65. The molecule has 98 valence electrons. The molecule has 2 atom stereocenters. The molecule has 0 radical (unpaired) electrons. The van der Waals surface area contributed by atoms with Crippen LogP contribution in [0.3, 0.4) is 0 Å². The van der Waals surface area contributed by atoms with Gasteiger partial charge in [-0.15, -0.1) is 6.58 Å². The summed E-state index contributed by atoms with van der Waals surface area (Å²) >= 11 is 0. The Hall–Kier alpha value is -1.52. The van der Waals surface area contributed by atoms with Gasteiger partial charge in [0.15, 0.2) is 0 Å². The predicted molar refractivity (Wildman–Crippen MR) is 66.8 cm³/mol. The van der Waals surface area contributed by atoms with Gasteiger partial charge in [-0.3, -0.25) is 0 Å². The molecule has 0 saturated heterocycles. The first kappa shape index (κ1) is 15.5. The predicted octanol–water partition coefficient (Wildman–Crippen LogP) is 1.75. The summed E-state index contributed by atoms with van der Waals surface area (Å²) in [7, 11) is 0. The fourth-order valence-electron chi connectivity index (χ4n) is 1.00. The topological polar surface area (TPSA) is 78.4 Å². The van der Waals surface area contributed by atoms with Gasteiger partial charge in [-0.1, -0.05) is 26.8 Å². The first-order valence-electron chi connectivity index (χ1n) is 5.59. The molecule has 2 amide bonds. The minimum absolute atomic E-state index is 0.0549. The van der Waals surface area contributed by atoms with E-state index in [0.29, 0.717) is 0 Å². The van der Waals surface area contributed by atoms with E-state index in [4.69, 9.17) is 5.11 Å². The maximum Gasteiger partial charge on any atom is 0.326 e. The smallest absolute Gasteiger partial charge is 0.326 e. The average molecular weight is 242 g/mol. The van der Waals surface area contributed by atoms with Crippen LogP contribution in [0.25, 0.3) is 0 Å². The second-order valence-electron chi connectivity index (χ2n) is 5.12. The molecule has 0 bridgehead atoms. The van der Waals surface area contributed by atoms with Crippen molar-refractivity contribution in [3.8, 4) is 0 Å². The van der Waals surface area contributed by atoms with Gasteiger partial charge >= 0.3 is 12.0 Å². The lowest BCUT2D eigenvalue weighted by Gasteiger charge is -2.28. The van der Waals surface area contributed by atoms with Crippen LogP contribution in [-0.4, -0.2) is 29.2 Å². The normalized spacial score (nSPS) is 14.6. The molecule has 0 aromatic heterocycles. The third-order valence-electron chi connectivity index (χ3n) is 2.65. The Morgan fingerprint density at radius 3 is 2.24 bits per heavy atom. The standard InChI is InChI=1S/C12H22N2O3/c1-6-7-9(10(15)16)14-11(17)13-8(2)12(3,4)5/h6,8-9H,1,7H2,2-5H3,(H,15,16)(H2,13,14,17). The lowest BCUT2D eigenvalue weighted by atomic mass is 9.88. The second kappa shape index (κ2) is 6.27. The van der Waals surface area contributed by atoms with Crippen molar-refractivity contribution in [3.63, 3.8) is 0 Å². The number of carboxylic acids is 1. The summed E-state index contributed by atoms with van der Waals surface area (Å²) in [5, 5.41) is 14.0. The third kappa shape index (κ3) is 5.94. The Balaban J connectivity index is 4.33. The quantitative estimate of drug-likeness (QED) is 0.643. The highest BCUT2D eigenvalue weighted by atomic mass is 16.4. The van der Waals surface area contributed by atoms with Crippen molar-refractivity contribution >= 4 is 12.0 Å². The van der Waals surface area contributed by atoms with Gasteiger partial charge in [0.25, 0.3) is 0 Å². The molecule has 0 aromatic rings. The zero-order valence-electron chi connectivity index (χ0n) is 10.9. The molecule has 0 aliphatic heterocycles. The van der Waals surface area contributed by atoms with E-state index in [0.717, 1.165) is 0 Å². The summed E-state index contributed by atoms with van der Waals surface area (Å²) in [5.41, 5.74) is -0.0749. The highest BCUT2D eigenvalue weighted by Gasteiger charge is 2.24. The summed E-state index contributed by atoms with van der Waals surface area (Å²) in [6.07, 6.45) is 1.67. The molecular formula is C12H22N2O3. The van der Waals surface area contributed by atoms with E-state index in [9.17, 15) is 9.59 Å². The van der Waals surface area contributed by atoms with Crippen LogP contribution in [0.2, 0.25) is 0 Å². The van der Waals surface area contributed by atoms with Gasteiger partial charge in [-0.05, 0) is 18.8 Å². The first-order chi connectivity index (χ1) is 7.68. The zero-order valence-corrected chi connectivity index (χ0v) is 10.9. The lowest BCUT2D eigenvalue weighted by molar-refractivity contribution is -0.139. The van der Waals surface area contributed by atoms with Crippen LogP contribution < -0.4 is 10.6 Å². The summed E-state index contributed by atoms with van der Waals surface area (Å²) in [5.74, 6) is -1.07. The number of amides is 2. The van der Waals surface area contributed by atoms with Crippen molar-refractivity contribution in [1.29, 1.82) is 0 Å². The molecule has 5 heteroatoms. The first-order valence-corrected chi connectivity index (χ1v) is 5.59. The number of hydrogen-bond donors (Lipinski definition) is 3. The number of nitrogens with one attached hydrogen (secondary N) is 2. The van der Waals surface area contributed by atoms with Gasteiger partial charge in [0.2, 0.25) is 0 Å². The monoisotopic (exact) mass is 242 g/mol. The van der Waals surface area contributed by atoms with Gasteiger partial charge in [0.05, 0.1) is 0 Å². The SMILES string of the molecule is C=CCC(NC(=O)NC(C)C(C)(C)C)C(=O)O. The van der Waals surface area contributed by atoms with Crippen LogP contribution in [0.15, 0.2) is 12.7 Å². The molecule has 0 rings (SSSR count). The minimum Gasteiger partial charge on any atom is -0.480 e. The summed E-state index contributed by atoms with van der Waals surface area (Å²) in [6.45, 7) is 11.3. The molecule has 0 spiro atoms. The van der Waals surface area contributed by atoms with Crippen molar-refractivity contribution in [2.45, 2.75) is 46.2 Å². The van der Waals surface area contributed by atoms with E-state index in [1.807, 2.05) is 27.7 Å². The highest BCUT2D eigenvalue weighted by molar-refractivity contribution is 5.82. The maximum atomic E-state index is 11.6. The number of carboxylic acid groups (broad SMARTS) is 1. The molecule has 0 heterocycles. The fraction of sp³-hybridized carbons (Fsp3) is 0.667. The molecule has 2 unspecified atom stereocenters. The van der Waals surface area contributed by atoms with Gasteiger partial charge in [0, 0.05) is 6.04 Å². The number of carbonyl (C=O) groups excluding carboxylic acids is 1. The molecular weight excluding hydrogens is 220 g/mol. The second-order valence-corrected chi connectivity index (χ2v) is 5.12. The Bertz CT molecular complexity index is 295. The van der Waals surface area contributed by atoms with Gasteiger partial charge < -0.3 is 15.7 Å². The maximum absolute atomic E-state index is 11.6. The van der Waals surface area contributed by atoms with Crippen LogP contribution in [-0.2, 0) is 4.79 Å². The van der Waals surface area contributed by atoms with Crippen molar-refractivity contribution in [2.75, 3.05) is 0 Å². The van der Waals surface area contributed by atoms with Crippen molar-refractivity contribution < 1.29 is 14.7 Å². The number of urea groups is 1. The van der Waals surface area contributed by atoms with Gasteiger partial charge in [0.1, 0.15) is 6.04 Å². The molecule has 3 N–H and O–H groups in total. The lowest BCUT2D eigenvalue weighted by Crippen LogP contribution is -2.51. The van der Waals surface area contributed by atoms with Crippen molar-refractivity contribution in [3.05, 3.63) is 12.7 Å². The van der Waals surface area contributed by atoms with E-state index < -0.39 is 18.0 Å². The van der Waals surface area contributed by atoms with E-state index in [1.54, 1.807) is 0 Å². The molecule has 0 saturated carbocycles. The zero-order chi connectivity index (χ0) is 13.6. The molecule has 0 fully saturated rings. The van der Waals surface area contributed by atoms with E-state index in [2.05, 4.69) is 17.2 Å². The molecule has 0 aliphatic rings. The van der Waals surface area contributed by atoms with Crippen LogP contribution in [0.1, 0.15) is 34.1 Å². The highest BCUT2D eigenvalue weighted by Crippen LogP contribution is 2.18. The Labute approximate surface area is 102 Å². The summed E-state index contributed by atoms with van der Waals surface area (Å²) < 4.78 is 0. The molecule has 0 aliphatic carbocycles. The van der Waals surface area contributed by atoms with Crippen molar-refractivity contribution in [2.24, 2.45) is 5.41 Å². The van der Waals surface area contributed by atoms with E-state index >= 15 is 0 Å². The summed E-state index contributed by atoms with van der Waals surface area (Å²) in [4.78, 5) is 22.4. The molecule has 17 heavy (non-hydrogen) atoms. The van der Waals surface area contributed by atoms with E-state index in [-0.39, 0.29) is 17.9 Å². The number of rotatable bonds is 5. The van der Waals surface area contributed by atoms with Gasteiger partial charge in [-0.2, -0.15) is 0 Å². The molecule has 0 aromatic carbocycles. The Morgan fingerprint density at radius 2 is 1.88 bits per heavy atom. The summed E-state index contributed by atoms with van der Waals surface area (Å²) in [6, 6.07) is -1.46. The fourth-order valence-corrected chi connectivity index (χ4v) is 1.00. The Kier molecular flexibility index (Phi) is 5.71. The number of aliphatic carboxylic acids is 1. The van der Waals surface area contributed by atoms with Crippen LogP contribution in [0.5, 0.6) is 0 Å². The number of hydrogen-bond acceptors (Lipinski definition) is 2. The largest absolute Gasteiger partial charge is 0.480 e.